The number of amides is 1. The van der Waals surface area contributed by atoms with Crippen LogP contribution in [0.15, 0.2) is 16.9 Å². The molecule has 28 heavy (non-hydrogen) atoms. The SMILES string of the molecule is COC12CC(C(=O)Nc3noc(Oc4cnc(N5CCOCC5)nc4)n3)(C1)C2. The Bertz CT molecular complexity index is 859. The molecule has 0 spiro atoms. The van der Waals surface area contributed by atoms with E-state index in [4.69, 9.17) is 18.7 Å². The normalized spacial score (nSPS) is 28.2. The van der Waals surface area contributed by atoms with E-state index >= 15 is 0 Å². The van der Waals surface area contributed by atoms with Crippen LogP contribution in [-0.2, 0) is 14.3 Å². The van der Waals surface area contributed by atoms with Crippen LogP contribution in [0.1, 0.15) is 19.3 Å². The van der Waals surface area contributed by atoms with Crippen molar-refractivity contribution in [2.75, 3.05) is 43.6 Å². The minimum absolute atomic E-state index is 0.0713. The van der Waals surface area contributed by atoms with Gasteiger partial charge in [0.05, 0.1) is 36.6 Å². The Kier molecular flexibility index (Phi) is 3.95. The third-order valence-corrected chi connectivity index (χ3v) is 5.64. The van der Waals surface area contributed by atoms with Gasteiger partial charge in [0.2, 0.25) is 11.9 Å². The summed E-state index contributed by atoms with van der Waals surface area (Å²) in [5, 5.41) is 6.41. The topological polar surface area (TPSA) is 125 Å². The molecule has 148 valence electrons. The second kappa shape index (κ2) is 6.38. The highest BCUT2D eigenvalue weighted by atomic mass is 16.6. The molecular formula is C17H20N6O5. The number of carbonyl (C=O) groups excluding carboxylic acids is 1. The predicted molar refractivity (Wildman–Crippen MR) is 94.1 cm³/mol. The third-order valence-electron chi connectivity index (χ3n) is 5.64. The molecule has 3 heterocycles. The molecule has 2 aromatic rings. The average molecular weight is 388 g/mol. The van der Waals surface area contributed by atoms with Gasteiger partial charge in [0.1, 0.15) is 0 Å². The Morgan fingerprint density at radius 2 is 1.93 bits per heavy atom. The van der Waals surface area contributed by atoms with Gasteiger partial charge in [-0.3, -0.25) is 14.6 Å². The highest BCUT2D eigenvalue weighted by molar-refractivity contribution is 5.96. The molecule has 4 aliphatic rings. The Morgan fingerprint density at radius 1 is 1.21 bits per heavy atom. The first-order valence-electron chi connectivity index (χ1n) is 9.13. The van der Waals surface area contributed by atoms with Crippen molar-refractivity contribution in [2.45, 2.75) is 24.9 Å². The van der Waals surface area contributed by atoms with E-state index in [1.807, 2.05) is 4.90 Å². The fourth-order valence-corrected chi connectivity index (χ4v) is 4.08. The van der Waals surface area contributed by atoms with E-state index in [2.05, 4.69) is 25.4 Å². The molecule has 6 rings (SSSR count). The van der Waals surface area contributed by atoms with Crippen molar-refractivity contribution < 1.29 is 23.5 Å². The molecule has 0 aromatic carbocycles. The molecule has 11 heteroatoms. The van der Waals surface area contributed by atoms with Gasteiger partial charge < -0.3 is 19.1 Å². The Morgan fingerprint density at radius 3 is 2.61 bits per heavy atom. The summed E-state index contributed by atoms with van der Waals surface area (Å²) >= 11 is 0. The molecule has 3 aliphatic carbocycles. The van der Waals surface area contributed by atoms with E-state index in [0.29, 0.717) is 24.9 Å². The minimum atomic E-state index is -0.360. The molecule has 4 fully saturated rings. The van der Waals surface area contributed by atoms with Gasteiger partial charge in [0.25, 0.3) is 5.95 Å². The summed E-state index contributed by atoms with van der Waals surface area (Å²) in [5.74, 6) is 0.931. The molecule has 2 aromatic heterocycles. The van der Waals surface area contributed by atoms with Gasteiger partial charge >= 0.3 is 6.08 Å². The zero-order chi connectivity index (χ0) is 19.2. The van der Waals surface area contributed by atoms with Crippen molar-refractivity contribution in [1.29, 1.82) is 0 Å². The molecule has 0 atom stereocenters. The lowest BCUT2D eigenvalue weighted by molar-refractivity contribution is -0.260. The third kappa shape index (κ3) is 2.87. The number of nitrogens with zero attached hydrogens (tertiary/aromatic N) is 5. The number of nitrogens with one attached hydrogen (secondary N) is 1. The maximum atomic E-state index is 12.4. The number of ether oxygens (including phenoxy) is 3. The quantitative estimate of drug-likeness (QED) is 0.766. The number of morpholine rings is 1. The number of anilines is 2. The van der Waals surface area contributed by atoms with Crippen molar-refractivity contribution in [3.05, 3.63) is 12.4 Å². The highest BCUT2D eigenvalue weighted by Gasteiger charge is 2.72. The average Bonchev–Trinajstić information content (AvgIpc) is 3.08. The highest BCUT2D eigenvalue weighted by Crippen LogP contribution is 2.69. The second-order valence-electron chi connectivity index (χ2n) is 7.46. The second-order valence-corrected chi connectivity index (χ2v) is 7.46. The Labute approximate surface area is 160 Å². The lowest BCUT2D eigenvalue weighted by atomic mass is 9.41. The van der Waals surface area contributed by atoms with Crippen LogP contribution in [0.2, 0.25) is 0 Å². The summed E-state index contributed by atoms with van der Waals surface area (Å²) < 4.78 is 21.2. The minimum Gasteiger partial charge on any atom is -0.406 e. The van der Waals surface area contributed by atoms with Crippen molar-refractivity contribution >= 4 is 17.8 Å². The first-order valence-corrected chi connectivity index (χ1v) is 9.13. The summed E-state index contributed by atoms with van der Waals surface area (Å²) in [5.41, 5.74) is -0.461. The van der Waals surface area contributed by atoms with Gasteiger partial charge in [-0.1, -0.05) is 0 Å². The maximum absolute atomic E-state index is 12.4. The Balaban J connectivity index is 1.17. The summed E-state index contributed by atoms with van der Waals surface area (Å²) in [7, 11) is 1.68. The number of hydrogen-bond acceptors (Lipinski definition) is 10. The summed E-state index contributed by atoms with van der Waals surface area (Å²) in [6.07, 6.45) is 5.17. The number of hydrogen-bond donors (Lipinski definition) is 1. The van der Waals surface area contributed by atoms with Crippen LogP contribution in [0, 0.1) is 5.41 Å². The molecule has 1 aliphatic heterocycles. The van der Waals surface area contributed by atoms with E-state index in [0.717, 1.165) is 32.4 Å². The van der Waals surface area contributed by atoms with Crippen molar-refractivity contribution in [2.24, 2.45) is 5.41 Å². The van der Waals surface area contributed by atoms with Crippen LogP contribution < -0.4 is 15.0 Å². The van der Waals surface area contributed by atoms with E-state index in [9.17, 15) is 4.79 Å². The fraction of sp³-hybridized carbons (Fsp3) is 0.588. The van der Waals surface area contributed by atoms with Gasteiger partial charge in [-0.25, -0.2) is 9.97 Å². The standard InChI is InChI=1S/C17H20N6O5/c1-25-17-8-16(9-17,10-17)12(24)20-13-21-15(28-22-13)27-11-6-18-14(19-7-11)23-2-4-26-5-3-23/h6-7H,2-5,8-10H2,1H3,(H,20,22,24). The first-order chi connectivity index (χ1) is 13.6. The molecule has 11 nitrogen and oxygen atoms in total. The number of methoxy groups -OCH3 is 1. The molecule has 2 bridgehead atoms. The van der Waals surface area contributed by atoms with Crippen molar-refractivity contribution in [3.8, 4) is 11.8 Å². The molecule has 0 unspecified atom stereocenters. The first kappa shape index (κ1) is 17.3. The van der Waals surface area contributed by atoms with E-state index in [-0.39, 0.29) is 28.9 Å². The van der Waals surface area contributed by atoms with Gasteiger partial charge in [-0.2, -0.15) is 0 Å². The zero-order valence-electron chi connectivity index (χ0n) is 15.4. The summed E-state index contributed by atoms with van der Waals surface area (Å²) in [6.45, 7) is 2.82. The summed E-state index contributed by atoms with van der Waals surface area (Å²) in [4.78, 5) is 27.1. The molecule has 3 saturated carbocycles. The molecule has 1 saturated heterocycles. The molecule has 0 radical (unpaired) electrons. The van der Waals surface area contributed by atoms with Gasteiger partial charge in [0, 0.05) is 20.2 Å². The molecule has 1 amide bonds. The molecule has 1 N–H and O–H groups in total. The van der Waals surface area contributed by atoms with Crippen molar-refractivity contribution in [3.63, 3.8) is 0 Å². The van der Waals surface area contributed by atoms with E-state index in [1.54, 1.807) is 7.11 Å². The van der Waals surface area contributed by atoms with Crippen LogP contribution in [-0.4, -0.2) is 65.0 Å². The van der Waals surface area contributed by atoms with E-state index < -0.39 is 0 Å². The smallest absolute Gasteiger partial charge is 0.406 e. The number of carbonyl (C=O) groups is 1. The van der Waals surface area contributed by atoms with Gasteiger partial charge in [0.15, 0.2) is 5.75 Å². The van der Waals surface area contributed by atoms with Gasteiger partial charge in [-0.15, -0.1) is 4.98 Å². The van der Waals surface area contributed by atoms with Crippen LogP contribution in [0.25, 0.3) is 0 Å². The van der Waals surface area contributed by atoms with Crippen LogP contribution >= 0.6 is 0 Å². The lowest BCUT2D eigenvalue weighted by Gasteiger charge is -2.67. The molecular weight excluding hydrogens is 368 g/mol. The van der Waals surface area contributed by atoms with Crippen LogP contribution in [0.5, 0.6) is 11.8 Å². The number of aromatic nitrogens is 4. The monoisotopic (exact) mass is 388 g/mol. The Hall–Kier alpha value is -2.79. The fourth-order valence-electron chi connectivity index (χ4n) is 4.08. The van der Waals surface area contributed by atoms with Crippen LogP contribution in [0.3, 0.4) is 0 Å². The van der Waals surface area contributed by atoms with Gasteiger partial charge in [-0.05, 0) is 24.4 Å². The number of rotatable bonds is 6. The lowest BCUT2D eigenvalue weighted by Crippen LogP contribution is -2.72. The van der Waals surface area contributed by atoms with E-state index in [1.165, 1.54) is 12.4 Å². The largest absolute Gasteiger partial charge is 0.424 e. The maximum Gasteiger partial charge on any atom is 0.424 e. The summed E-state index contributed by atoms with van der Waals surface area (Å²) in [6, 6.07) is 0. The predicted octanol–water partition coefficient (Wildman–Crippen LogP) is 0.996. The van der Waals surface area contributed by atoms with Crippen molar-refractivity contribution in [1.82, 2.24) is 20.1 Å². The van der Waals surface area contributed by atoms with Crippen LogP contribution in [0.4, 0.5) is 11.9 Å². The zero-order valence-corrected chi connectivity index (χ0v) is 15.4.